The molecule has 3 aromatic carbocycles. The summed E-state index contributed by atoms with van der Waals surface area (Å²) in [6, 6.07) is 14.8. The van der Waals surface area contributed by atoms with E-state index in [9.17, 15) is 18.0 Å². The van der Waals surface area contributed by atoms with Crippen LogP contribution in [0.15, 0.2) is 65.6 Å². The summed E-state index contributed by atoms with van der Waals surface area (Å²) in [6.45, 7) is 3.49. The number of carbonyl (C=O) groups is 2. The molecule has 1 atom stereocenters. The van der Waals surface area contributed by atoms with E-state index in [0.717, 1.165) is 30.0 Å². The van der Waals surface area contributed by atoms with Gasteiger partial charge in [0.25, 0.3) is 10.0 Å². The fourth-order valence-electron chi connectivity index (χ4n) is 5.63. The van der Waals surface area contributed by atoms with Crippen molar-refractivity contribution in [2.45, 2.75) is 69.5 Å². The van der Waals surface area contributed by atoms with Crippen molar-refractivity contribution in [2.75, 3.05) is 31.7 Å². The standard InChI is InChI=1S/C34H41Cl2N3O7S/c1-5-30(34(41)37-24-9-7-8-10-24)38(21-23-11-17-28(35)29(36)19-23)33(40)22-39(25-12-14-26(15-13-25)46-6-2)47(42,43)27-16-18-31(44-3)32(20-27)45-4/h11-20,24,30H,5-10,21-22H2,1-4H3,(H,37,41)/t30-/m1/s1. The molecule has 1 aliphatic carbocycles. The molecule has 47 heavy (non-hydrogen) atoms. The van der Waals surface area contributed by atoms with Crippen LogP contribution in [0.4, 0.5) is 5.69 Å². The van der Waals surface area contributed by atoms with Gasteiger partial charge in [-0.25, -0.2) is 8.42 Å². The highest BCUT2D eigenvalue weighted by molar-refractivity contribution is 7.92. The molecule has 13 heteroatoms. The van der Waals surface area contributed by atoms with Crippen LogP contribution in [0.2, 0.25) is 10.0 Å². The minimum absolute atomic E-state index is 0.000159. The van der Waals surface area contributed by atoms with E-state index in [-0.39, 0.29) is 34.8 Å². The number of carbonyl (C=O) groups excluding carboxylic acids is 2. The largest absolute Gasteiger partial charge is 0.494 e. The van der Waals surface area contributed by atoms with Crippen molar-refractivity contribution in [1.82, 2.24) is 10.2 Å². The first-order valence-electron chi connectivity index (χ1n) is 15.5. The number of hydrogen-bond donors (Lipinski definition) is 1. The summed E-state index contributed by atoms with van der Waals surface area (Å²) in [5, 5.41) is 3.75. The highest BCUT2D eigenvalue weighted by atomic mass is 35.5. The minimum atomic E-state index is -4.35. The van der Waals surface area contributed by atoms with Crippen LogP contribution in [-0.2, 0) is 26.2 Å². The van der Waals surface area contributed by atoms with Crippen LogP contribution in [0.25, 0.3) is 0 Å². The van der Waals surface area contributed by atoms with Crippen LogP contribution in [0, 0.1) is 0 Å². The second kappa shape index (κ2) is 16.4. The molecular formula is C34H41Cl2N3O7S. The van der Waals surface area contributed by atoms with Gasteiger partial charge in [0.1, 0.15) is 18.3 Å². The number of anilines is 1. The smallest absolute Gasteiger partial charge is 0.264 e. The van der Waals surface area contributed by atoms with E-state index in [4.69, 9.17) is 37.4 Å². The van der Waals surface area contributed by atoms with Gasteiger partial charge < -0.3 is 24.4 Å². The second-order valence-corrected chi connectivity index (χ2v) is 13.8. The predicted octanol–water partition coefficient (Wildman–Crippen LogP) is 6.47. The van der Waals surface area contributed by atoms with E-state index in [0.29, 0.717) is 40.1 Å². The fraction of sp³-hybridized carbons (Fsp3) is 0.412. The molecule has 0 aliphatic heterocycles. The zero-order valence-corrected chi connectivity index (χ0v) is 29.3. The number of halogens is 2. The minimum Gasteiger partial charge on any atom is -0.494 e. The molecule has 254 valence electrons. The summed E-state index contributed by atoms with van der Waals surface area (Å²) in [6.07, 6.45) is 4.10. The molecule has 0 spiro atoms. The highest BCUT2D eigenvalue weighted by Gasteiger charge is 2.35. The molecule has 0 aromatic heterocycles. The van der Waals surface area contributed by atoms with Gasteiger partial charge in [0.2, 0.25) is 11.8 Å². The van der Waals surface area contributed by atoms with E-state index in [1.165, 1.54) is 37.3 Å². The zero-order valence-electron chi connectivity index (χ0n) is 27.0. The Hall–Kier alpha value is -3.67. The molecule has 2 amide bonds. The first-order chi connectivity index (χ1) is 22.5. The van der Waals surface area contributed by atoms with Crippen LogP contribution in [0.5, 0.6) is 17.2 Å². The topological polar surface area (TPSA) is 114 Å². The quantitative estimate of drug-likeness (QED) is 0.193. The maximum Gasteiger partial charge on any atom is 0.264 e. The highest BCUT2D eigenvalue weighted by Crippen LogP contribution is 2.33. The third-order valence-electron chi connectivity index (χ3n) is 8.08. The SMILES string of the molecule is CCOc1ccc(N(CC(=O)N(Cc2ccc(Cl)c(Cl)c2)[C@H](CC)C(=O)NC2CCCC2)S(=O)(=O)c2ccc(OC)c(OC)c2)cc1. The van der Waals surface area contributed by atoms with E-state index in [1.54, 1.807) is 42.5 Å². The molecule has 4 rings (SSSR count). The fourth-order valence-corrected chi connectivity index (χ4v) is 7.38. The van der Waals surface area contributed by atoms with Gasteiger partial charge >= 0.3 is 0 Å². The number of nitrogens with zero attached hydrogens (tertiary/aromatic N) is 2. The summed E-state index contributed by atoms with van der Waals surface area (Å²) in [7, 11) is -1.49. The lowest BCUT2D eigenvalue weighted by atomic mass is 10.1. The summed E-state index contributed by atoms with van der Waals surface area (Å²) in [5.74, 6) is 0.233. The van der Waals surface area contributed by atoms with Crippen LogP contribution in [0.1, 0.15) is 51.5 Å². The number of amides is 2. The van der Waals surface area contributed by atoms with Crippen molar-refractivity contribution in [3.8, 4) is 17.2 Å². The first-order valence-corrected chi connectivity index (χ1v) is 17.7. The molecule has 0 unspecified atom stereocenters. The Morgan fingerprint density at radius 2 is 1.60 bits per heavy atom. The molecule has 1 aliphatic rings. The van der Waals surface area contributed by atoms with Gasteiger partial charge in [-0.2, -0.15) is 0 Å². The summed E-state index contributed by atoms with van der Waals surface area (Å²) in [4.78, 5) is 29.4. The second-order valence-electron chi connectivity index (χ2n) is 11.1. The lowest BCUT2D eigenvalue weighted by Crippen LogP contribution is -2.53. The number of hydrogen-bond acceptors (Lipinski definition) is 7. The average Bonchev–Trinajstić information content (AvgIpc) is 3.58. The summed E-state index contributed by atoms with van der Waals surface area (Å²) >= 11 is 12.5. The van der Waals surface area contributed by atoms with E-state index < -0.39 is 28.5 Å². The Kier molecular flexibility index (Phi) is 12.6. The van der Waals surface area contributed by atoms with Crippen molar-refractivity contribution in [2.24, 2.45) is 0 Å². The van der Waals surface area contributed by atoms with Crippen molar-refractivity contribution >= 4 is 50.7 Å². The molecule has 0 radical (unpaired) electrons. The lowest BCUT2D eigenvalue weighted by Gasteiger charge is -2.34. The molecule has 0 saturated heterocycles. The van der Waals surface area contributed by atoms with Gasteiger partial charge in [-0.15, -0.1) is 0 Å². The van der Waals surface area contributed by atoms with Crippen molar-refractivity contribution in [3.05, 3.63) is 76.3 Å². The monoisotopic (exact) mass is 705 g/mol. The first kappa shape index (κ1) is 36.2. The normalized spacial score (nSPS) is 13.9. The lowest BCUT2D eigenvalue weighted by molar-refractivity contribution is -0.140. The van der Waals surface area contributed by atoms with Gasteiger partial charge in [-0.3, -0.25) is 13.9 Å². The molecule has 0 heterocycles. The molecule has 1 saturated carbocycles. The van der Waals surface area contributed by atoms with Gasteiger partial charge in [-0.1, -0.05) is 49.0 Å². The molecule has 1 N–H and O–H groups in total. The van der Waals surface area contributed by atoms with Crippen LogP contribution >= 0.6 is 23.2 Å². The number of methoxy groups -OCH3 is 2. The van der Waals surface area contributed by atoms with Crippen LogP contribution in [0.3, 0.4) is 0 Å². The maximum absolute atomic E-state index is 14.4. The Bertz CT molecular complexity index is 1650. The van der Waals surface area contributed by atoms with Gasteiger partial charge in [0, 0.05) is 18.7 Å². The average molecular weight is 707 g/mol. The number of benzene rings is 3. The maximum atomic E-state index is 14.4. The molecule has 0 bridgehead atoms. The molecule has 1 fully saturated rings. The third-order valence-corrected chi connectivity index (χ3v) is 10.6. The summed E-state index contributed by atoms with van der Waals surface area (Å²) < 4.78 is 45.9. The van der Waals surface area contributed by atoms with E-state index >= 15 is 0 Å². The van der Waals surface area contributed by atoms with Crippen LogP contribution in [-0.4, -0.2) is 64.6 Å². The summed E-state index contributed by atoms with van der Waals surface area (Å²) in [5.41, 5.74) is 0.866. The molecule has 10 nitrogen and oxygen atoms in total. The Morgan fingerprint density at radius 3 is 2.19 bits per heavy atom. The predicted molar refractivity (Wildman–Crippen MR) is 183 cm³/mol. The Labute approximate surface area is 286 Å². The van der Waals surface area contributed by atoms with Crippen LogP contribution < -0.4 is 23.8 Å². The Balaban J connectivity index is 1.76. The van der Waals surface area contributed by atoms with Gasteiger partial charge in [-0.05, 0) is 80.3 Å². The number of ether oxygens (including phenoxy) is 3. The van der Waals surface area contributed by atoms with Gasteiger partial charge in [0.05, 0.1) is 41.5 Å². The third kappa shape index (κ3) is 8.82. The van der Waals surface area contributed by atoms with Crippen molar-refractivity contribution in [3.63, 3.8) is 0 Å². The number of nitrogens with one attached hydrogen (secondary N) is 1. The van der Waals surface area contributed by atoms with E-state index in [1.807, 2.05) is 13.8 Å². The van der Waals surface area contributed by atoms with E-state index in [2.05, 4.69) is 5.32 Å². The molecule has 3 aromatic rings. The zero-order chi connectivity index (χ0) is 34.1. The van der Waals surface area contributed by atoms with Crippen molar-refractivity contribution in [1.29, 1.82) is 0 Å². The number of rotatable bonds is 15. The Morgan fingerprint density at radius 1 is 0.915 bits per heavy atom. The number of sulfonamides is 1. The molecular weight excluding hydrogens is 665 g/mol. The van der Waals surface area contributed by atoms with Crippen molar-refractivity contribution < 1.29 is 32.2 Å². The van der Waals surface area contributed by atoms with Gasteiger partial charge in [0.15, 0.2) is 11.5 Å².